The van der Waals surface area contributed by atoms with Crippen LogP contribution in [0.5, 0.6) is 0 Å². The van der Waals surface area contributed by atoms with Gasteiger partial charge in [-0.2, -0.15) is 4.98 Å². The molecule has 0 spiro atoms. The van der Waals surface area contributed by atoms with Crippen LogP contribution >= 0.6 is 0 Å². The molecule has 78 valence electrons. The number of rotatable bonds is 3. The molecule has 0 fully saturated rings. The molecule has 0 saturated heterocycles. The molecule has 0 bridgehead atoms. The lowest BCUT2D eigenvalue weighted by atomic mass is 10.3. The van der Waals surface area contributed by atoms with Crippen LogP contribution in [0, 0.1) is 6.92 Å². The first-order chi connectivity index (χ1) is 6.56. The second-order valence-electron chi connectivity index (χ2n) is 3.55. The highest BCUT2D eigenvalue weighted by Gasteiger charge is 2.10. The van der Waals surface area contributed by atoms with Crippen molar-refractivity contribution in [2.45, 2.75) is 26.8 Å². The normalized spacial score (nSPS) is 10.4. The van der Waals surface area contributed by atoms with Gasteiger partial charge < -0.3 is 4.90 Å². The lowest BCUT2D eigenvalue weighted by Gasteiger charge is -2.24. The summed E-state index contributed by atoms with van der Waals surface area (Å²) in [7, 11) is 2.00. The molecule has 0 unspecified atom stereocenters. The highest BCUT2D eigenvalue weighted by atomic mass is 15.3. The molecule has 0 amide bonds. The fraction of sp³-hybridized carbons (Fsp3) is 0.556. The van der Waals surface area contributed by atoms with Gasteiger partial charge in [-0.05, 0) is 20.8 Å². The van der Waals surface area contributed by atoms with E-state index in [4.69, 9.17) is 5.84 Å². The summed E-state index contributed by atoms with van der Waals surface area (Å²) in [5.41, 5.74) is 3.48. The zero-order valence-corrected chi connectivity index (χ0v) is 9.07. The van der Waals surface area contributed by atoms with Crippen LogP contribution in [-0.4, -0.2) is 23.1 Å². The Morgan fingerprint density at radius 3 is 2.64 bits per heavy atom. The van der Waals surface area contributed by atoms with Crippen LogP contribution in [0.4, 0.5) is 11.8 Å². The van der Waals surface area contributed by atoms with Gasteiger partial charge in [0.15, 0.2) is 0 Å². The molecule has 0 aromatic carbocycles. The predicted molar refractivity (Wildman–Crippen MR) is 58.1 cm³/mol. The van der Waals surface area contributed by atoms with E-state index in [1.54, 1.807) is 6.20 Å². The van der Waals surface area contributed by atoms with Crippen molar-refractivity contribution in [3.63, 3.8) is 0 Å². The Balaban J connectivity index is 3.05. The number of hydrogen-bond acceptors (Lipinski definition) is 5. The fourth-order valence-electron chi connectivity index (χ4n) is 1.10. The number of aromatic nitrogens is 2. The largest absolute Gasteiger partial charge is 0.357 e. The van der Waals surface area contributed by atoms with Crippen molar-refractivity contribution in [1.29, 1.82) is 0 Å². The maximum absolute atomic E-state index is 5.25. The predicted octanol–water partition coefficient (Wildman–Crippen LogP) is 0.915. The van der Waals surface area contributed by atoms with Crippen LogP contribution < -0.4 is 16.2 Å². The summed E-state index contributed by atoms with van der Waals surface area (Å²) in [5.74, 6) is 6.60. The molecule has 0 atom stereocenters. The number of nitrogen functional groups attached to an aromatic ring is 1. The highest BCUT2D eigenvalue weighted by molar-refractivity contribution is 5.48. The molecule has 0 radical (unpaired) electrons. The van der Waals surface area contributed by atoms with Gasteiger partial charge in [0.25, 0.3) is 0 Å². The van der Waals surface area contributed by atoms with Crippen molar-refractivity contribution in [3.05, 3.63) is 11.8 Å². The average Bonchev–Trinajstić information content (AvgIpc) is 2.17. The summed E-state index contributed by atoms with van der Waals surface area (Å²) < 4.78 is 0. The van der Waals surface area contributed by atoms with Gasteiger partial charge in [0.2, 0.25) is 5.95 Å². The van der Waals surface area contributed by atoms with Crippen molar-refractivity contribution >= 4 is 11.8 Å². The second kappa shape index (κ2) is 4.23. The van der Waals surface area contributed by atoms with Crippen LogP contribution in [0.3, 0.4) is 0 Å². The van der Waals surface area contributed by atoms with E-state index in [-0.39, 0.29) is 0 Å². The lowest BCUT2D eigenvalue weighted by molar-refractivity contribution is 0.738. The maximum Gasteiger partial charge on any atom is 0.239 e. The molecule has 0 aliphatic carbocycles. The maximum atomic E-state index is 5.25. The quantitative estimate of drug-likeness (QED) is 0.554. The zero-order valence-electron chi connectivity index (χ0n) is 9.07. The van der Waals surface area contributed by atoms with Crippen molar-refractivity contribution in [3.8, 4) is 0 Å². The lowest BCUT2D eigenvalue weighted by Crippen LogP contribution is -2.28. The van der Waals surface area contributed by atoms with Crippen molar-refractivity contribution in [2.75, 3.05) is 17.4 Å². The Morgan fingerprint density at radius 1 is 1.50 bits per heavy atom. The second-order valence-corrected chi connectivity index (χ2v) is 3.55. The van der Waals surface area contributed by atoms with Gasteiger partial charge in [0.1, 0.15) is 5.82 Å². The van der Waals surface area contributed by atoms with E-state index >= 15 is 0 Å². The summed E-state index contributed by atoms with van der Waals surface area (Å²) in [6, 6.07) is 0.397. The Morgan fingerprint density at radius 2 is 2.14 bits per heavy atom. The fourth-order valence-corrected chi connectivity index (χ4v) is 1.10. The molecular formula is C9H17N5. The van der Waals surface area contributed by atoms with Gasteiger partial charge in [-0.1, -0.05) is 0 Å². The minimum Gasteiger partial charge on any atom is -0.357 e. The summed E-state index contributed by atoms with van der Waals surface area (Å²) in [5, 5.41) is 0. The monoisotopic (exact) mass is 195 g/mol. The first-order valence-electron chi connectivity index (χ1n) is 4.59. The van der Waals surface area contributed by atoms with E-state index in [1.807, 2.05) is 14.0 Å². The third kappa shape index (κ3) is 2.11. The molecule has 1 rings (SSSR count). The van der Waals surface area contributed by atoms with Crippen molar-refractivity contribution in [1.82, 2.24) is 9.97 Å². The van der Waals surface area contributed by atoms with E-state index in [0.717, 1.165) is 11.4 Å². The van der Waals surface area contributed by atoms with Gasteiger partial charge in [0.05, 0.1) is 0 Å². The Hall–Kier alpha value is -1.36. The number of nitrogens with zero attached hydrogens (tertiary/aromatic N) is 3. The van der Waals surface area contributed by atoms with E-state index in [0.29, 0.717) is 12.0 Å². The third-order valence-corrected chi connectivity index (χ3v) is 2.18. The van der Waals surface area contributed by atoms with E-state index in [1.165, 1.54) is 0 Å². The molecule has 0 saturated carbocycles. The number of aryl methyl sites for hydroxylation is 1. The molecular weight excluding hydrogens is 178 g/mol. The zero-order chi connectivity index (χ0) is 10.7. The van der Waals surface area contributed by atoms with Gasteiger partial charge in [-0.15, -0.1) is 0 Å². The minimum atomic E-state index is 0.397. The van der Waals surface area contributed by atoms with E-state index in [2.05, 4.69) is 34.1 Å². The summed E-state index contributed by atoms with van der Waals surface area (Å²) in [6.45, 7) is 6.20. The first kappa shape index (κ1) is 10.7. The number of anilines is 2. The summed E-state index contributed by atoms with van der Waals surface area (Å²) >= 11 is 0. The number of hydrazine groups is 1. The number of nitrogens with one attached hydrogen (secondary N) is 1. The Kier molecular flexibility index (Phi) is 3.24. The third-order valence-electron chi connectivity index (χ3n) is 2.18. The van der Waals surface area contributed by atoms with Gasteiger partial charge >= 0.3 is 0 Å². The summed E-state index contributed by atoms with van der Waals surface area (Å²) in [4.78, 5) is 10.4. The number of hydrogen-bond donors (Lipinski definition) is 2. The van der Waals surface area contributed by atoms with Crippen LogP contribution in [-0.2, 0) is 0 Å². The smallest absolute Gasteiger partial charge is 0.239 e. The van der Waals surface area contributed by atoms with Gasteiger partial charge in [-0.3, -0.25) is 5.43 Å². The van der Waals surface area contributed by atoms with Crippen molar-refractivity contribution < 1.29 is 0 Å². The molecule has 1 aromatic rings. The van der Waals surface area contributed by atoms with E-state index < -0.39 is 0 Å². The SMILES string of the molecule is Cc1cnc(NN)nc1N(C)C(C)C. The van der Waals surface area contributed by atoms with Crippen LogP contribution in [0.25, 0.3) is 0 Å². The number of nitrogens with two attached hydrogens (primary N) is 1. The van der Waals surface area contributed by atoms with Crippen LogP contribution in [0.15, 0.2) is 6.20 Å². The first-order valence-corrected chi connectivity index (χ1v) is 4.59. The molecule has 1 aromatic heterocycles. The Bertz CT molecular complexity index is 310. The van der Waals surface area contributed by atoms with E-state index in [9.17, 15) is 0 Å². The molecule has 5 nitrogen and oxygen atoms in total. The highest BCUT2D eigenvalue weighted by Crippen LogP contribution is 2.17. The average molecular weight is 195 g/mol. The minimum absolute atomic E-state index is 0.397. The molecule has 1 heterocycles. The Labute approximate surface area is 84.3 Å². The topological polar surface area (TPSA) is 67.1 Å². The molecule has 0 aliphatic heterocycles. The summed E-state index contributed by atoms with van der Waals surface area (Å²) in [6.07, 6.45) is 1.76. The molecule has 14 heavy (non-hydrogen) atoms. The molecule has 3 N–H and O–H groups in total. The van der Waals surface area contributed by atoms with Crippen molar-refractivity contribution in [2.24, 2.45) is 5.84 Å². The van der Waals surface area contributed by atoms with Crippen LogP contribution in [0.2, 0.25) is 0 Å². The van der Waals surface area contributed by atoms with Crippen LogP contribution in [0.1, 0.15) is 19.4 Å². The molecule has 5 heteroatoms. The van der Waals surface area contributed by atoms with Gasteiger partial charge in [0, 0.05) is 24.8 Å². The standard InChI is InChI=1S/C9H17N5/c1-6(2)14(4)8-7(3)5-11-9(12-8)13-10/h5-6H,10H2,1-4H3,(H,11,12,13). The molecule has 0 aliphatic rings. The van der Waals surface area contributed by atoms with Gasteiger partial charge in [-0.25, -0.2) is 10.8 Å².